The zero-order valence-electron chi connectivity index (χ0n) is 19.1. The van der Waals surface area contributed by atoms with Crippen LogP contribution in [0.2, 0.25) is 0 Å². The van der Waals surface area contributed by atoms with Crippen LogP contribution in [-0.4, -0.2) is 49.4 Å². The molecule has 0 aliphatic rings. The summed E-state index contributed by atoms with van der Waals surface area (Å²) in [5.74, 6) is -0.0849. The summed E-state index contributed by atoms with van der Waals surface area (Å²) in [7, 11) is 0. The predicted octanol–water partition coefficient (Wildman–Crippen LogP) is 4.18. The Morgan fingerprint density at radius 3 is 2.28 bits per heavy atom. The fourth-order valence-electron chi connectivity index (χ4n) is 3.93. The molecule has 0 bridgehead atoms. The number of rotatable bonds is 12. The van der Waals surface area contributed by atoms with E-state index in [1.54, 1.807) is 4.90 Å². The van der Waals surface area contributed by atoms with Gasteiger partial charge in [0.1, 0.15) is 0 Å². The molecule has 5 nitrogen and oxygen atoms in total. The molecule has 170 valence electrons. The Labute approximate surface area is 191 Å². The van der Waals surface area contributed by atoms with Gasteiger partial charge >= 0.3 is 0 Å². The summed E-state index contributed by atoms with van der Waals surface area (Å²) in [5.41, 5.74) is 8.72. The van der Waals surface area contributed by atoms with E-state index >= 15 is 0 Å². The van der Waals surface area contributed by atoms with E-state index in [-0.39, 0.29) is 5.91 Å². The van der Waals surface area contributed by atoms with Crippen molar-refractivity contribution in [2.24, 2.45) is 5.73 Å². The number of benzene rings is 3. The molecule has 3 rings (SSSR count). The molecule has 0 spiro atoms. The van der Waals surface area contributed by atoms with Gasteiger partial charge in [-0.1, -0.05) is 72.8 Å². The molecule has 1 amide bonds. The van der Waals surface area contributed by atoms with Crippen molar-refractivity contribution in [3.8, 4) is 0 Å². The summed E-state index contributed by atoms with van der Waals surface area (Å²) in [4.78, 5) is 15.2. The van der Waals surface area contributed by atoms with Crippen LogP contribution in [0.25, 0.3) is 10.8 Å². The SMILES string of the molecule is CCOC(CN(CCc1ccccc1)C(=O)[C@@H](N)Cc1cccc2ccccc12)OCC. The zero-order valence-corrected chi connectivity index (χ0v) is 19.1. The van der Waals surface area contributed by atoms with Crippen LogP contribution in [0.3, 0.4) is 0 Å². The lowest BCUT2D eigenvalue weighted by Crippen LogP contribution is -2.49. The number of nitrogens with two attached hydrogens (primary N) is 1. The average Bonchev–Trinajstić information content (AvgIpc) is 2.82. The molecule has 0 aromatic heterocycles. The second-order valence-corrected chi connectivity index (χ2v) is 7.81. The molecule has 0 saturated heterocycles. The number of ether oxygens (including phenoxy) is 2. The first-order valence-electron chi connectivity index (χ1n) is 11.4. The van der Waals surface area contributed by atoms with E-state index < -0.39 is 12.3 Å². The van der Waals surface area contributed by atoms with Crippen molar-refractivity contribution < 1.29 is 14.3 Å². The third-order valence-electron chi connectivity index (χ3n) is 5.54. The molecule has 3 aromatic rings. The number of nitrogens with zero attached hydrogens (tertiary/aromatic N) is 1. The van der Waals surface area contributed by atoms with Gasteiger partial charge in [-0.25, -0.2) is 0 Å². The minimum absolute atomic E-state index is 0.0849. The Morgan fingerprint density at radius 2 is 1.56 bits per heavy atom. The van der Waals surface area contributed by atoms with Gasteiger partial charge in [0, 0.05) is 19.8 Å². The number of hydrogen-bond acceptors (Lipinski definition) is 4. The minimum atomic E-state index is -0.638. The summed E-state index contributed by atoms with van der Waals surface area (Å²) in [6.45, 7) is 5.81. The first-order valence-corrected chi connectivity index (χ1v) is 11.4. The van der Waals surface area contributed by atoms with Gasteiger partial charge < -0.3 is 20.1 Å². The quantitative estimate of drug-likeness (QED) is 0.434. The molecule has 0 radical (unpaired) electrons. The lowest BCUT2D eigenvalue weighted by molar-refractivity contribution is -0.159. The number of carbonyl (C=O) groups is 1. The maximum absolute atomic E-state index is 13.4. The van der Waals surface area contributed by atoms with Gasteiger partial charge in [-0.3, -0.25) is 4.79 Å². The fraction of sp³-hybridized carbons (Fsp3) is 0.370. The monoisotopic (exact) mass is 434 g/mol. The highest BCUT2D eigenvalue weighted by Gasteiger charge is 2.25. The van der Waals surface area contributed by atoms with Gasteiger partial charge in [-0.05, 0) is 48.6 Å². The van der Waals surface area contributed by atoms with Crippen LogP contribution in [-0.2, 0) is 27.1 Å². The zero-order chi connectivity index (χ0) is 22.8. The molecule has 0 aliphatic carbocycles. The van der Waals surface area contributed by atoms with E-state index in [0.717, 1.165) is 22.8 Å². The molecule has 32 heavy (non-hydrogen) atoms. The van der Waals surface area contributed by atoms with E-state index in [9.17, 15) is 4.79 Å². The highest BCUT2D eigenvalue weighted by molar-refractivity contribution is 5.87. The van der Waals surface area contributed by atoms with Crippen molar-refractivity contribution in [2.75, 3.05) is 26.3 Å². The van der Waals surface area contributed by atoms with Crippen molar-refractivity contribution >= 4 is 16.7 Å². The molecular formula is C27H34N2O3. The van der Waals surface area contributed by atoms with Gasteiger partial charge in [0.2, 0.25) is 5.91 Å². The van der Waals surface area contributed by atoms with E-state index in [0.29, 0.717) is 32.7 Å². The van der Waals surface area contributed by atoms with Crippen LogP contribution >= 0.6 is 0 Å². The van der Waals surface area contributed by atoms with Crippen molar-refractivity contribution in [1.82, 2.24) is 4.90 Å². The van der Waals surface area contributed by atoms with Crippen LogP contribution in [0.1, 0.15) is 25.0 Å². The van der Waals surface area contributed by atoms with Crippen molar-refractivity contribution in [1.29, 1.82) is 0 Å². The Hall–Kier alpha value is -2.73. The number of fused-ring (bicyclic) bond motifs is 1. The van der Waals surface area contributed by atoms with Crippen molar-refractivity contribution in [3.05, 3.63) is 83.9 Å². The third kappa shape index (κ3) is 6.63. The van der Waals surface area contributed by atoms with Crippen LogP contribution < -0.4 is 5.73 Å². The van der Waals surface area contributed by atoms with Crippen LogP contribution in [0.15, 0.2) is 72.8 Å². The molecule has 0 aliphatic heterocycles. The number of amides is 1. The van der Waals surface area contributed by atoms with Crippen LogP contribution in [0.4, 0.5) is 0 Å². The van der Waals surface area contributed by atoms with Crippen LogP contribution in [0, 0.1) is 0 Å². The normalized spacial score (nSPS) is 12.2. The van der Waals surface area contributed by atoms with Crippen molar-refractivity contribution in [3.63, 3.8) is 0 Å². The molecule has 3 aromatic carbocycles. The molecule has 0 unspecified atom stereocenters. The maximum Gasteiger partial charge on any atom is 0.240 e. The topological polar surface area (TPSA) is 64.8 Å². The highest BCUT2D eigenvalue weighted by atomic mass is 16.7. The Morgan fingerprint density at radius 1 is 0.906 bits per heavy atom. The van der Waals surface area contributed by atoms with E-state index in [4.69, 9.17) is 15.2 Å². The van der Waals surface area contributed by atoms with E-state index in [2.05, 4.69) is 30.3 Å². The summed E-state index contributed by atoms with van der Waals surface area (Å²) >= 11 is 0. The molecule has 2 N–H and O–H groups in total. The van der Waals surface area contributed by atoms with Gasteiger partial charge in [0.25, 0.3) is 0 Å². The van der Waals surface area contributed by atoms with Gasteiger partial charge in [-0.15, -0.1) is 0 Å². The van der Waals surface area contributed by atoms with E-state index in [1.165, 1.54) is 5.56 Å². The standard InChI is InChI=1S/C27H34N2O3/c1-3-31-26(32-4-2)20-29(18-17-21-11-6-5-7-12-21)27(30)25(28)19-23-15-10-14-22-13-8-9-16-24(22)23/h5-16,25-26H,3-4,17-20,28H2,1-2H3/t25-/m0/s1. The number of carbonyl (C=O) groups excluding carboxylic acids is 1. The largest absolute Gasteiger partial charge is 0.351 e. The molecule has 5 heteroatoms. The lowest BCUT2D eigenvalue weighted by atomic mass is 9.98. The average molecular weight is 435 g/mol. The highest BCUT2D eigenvalue weighted by Crippen LogP contribution is 2.20. The molecule has 0 saturated carbocycles. The van der Waals surface area contributed by atoms with Crippen molar-refractivity contribution in [2.45, 2.75) is 39.0 Å². The summed E-state index contributed by atoms with van der Waals surface area (Å²) in [5, 5.41) is 2.29. The van der Waals surface area contributed by atoms with E-state index in [1.807, 2.05) is 56.3 Å². The Bertz CT molecular complexity index is 966. The molecule has 0 fully saturated rings. The summed E-state index contributed by atoms with van der Waals surface area (Å²) in [6, 6.07) is 23.8. The van der Waals surface area contributed by atoms with Gasteiger partial charge in [-0.2, -0.15) is 0 Å². The molecule has 0 heterocycles. The second-order valence-electron chi connectivity index (χ2n) is 7.81. The molecular weight excluding hydrogens is 400 g/mol. The minimum Gasteiger partial charge on any atom is -0.351 e. The van der Waals surface area contributed by atoms with Crippen LogP contribution in [0.5, 0.6) is 0 Å². The fourth-order valence-corrected chi connectivity index (χ4v) is 3.93. The smallest absolute Gasteiger partial charge is 0.240 e. The summed E-state index contributed by atoms with van der Waals surface area (Å²) < 4.78 is 11.4. The summed E-state index contributed by atoms with van der Waals surface area (Å²) in [6.07, 6.45) is 0.767. The lowest BCUT2D eigenvalue weighted by Gasteiger charge is -2.29. The Kier molecular flexibility index (Phi) is 9.23. The number of hydrogen-bond donors (Lipinski definition) is 1. The maximum atomic E-state index is 13.4. The first-order chi connectivity index (χ1) is 15.6. The predicted molar refractivity (Wildman–Crippen MR) is 129 cm³/mol. The first kappa shape index (κ1) is 23.9. The van der Waals surface area contributed by atoms with Gasteiger partial charge in [0.15, 0.2) is 6.29 Å². The Balaban J connectivity index is 1.75. The molecule has 1 atom stereocenters. The van der Waals surface area contributed by atoms with Gasteiger partial charge in [0.05, 0.1) is 12.6 Å². The second kappa shape index (κ2) is 12.3. The third-order valence-corrected chi connectivity index (χ3v) is 5.54.